The zero-order valence-electron chi connectivity index (χ0n) is 10.5. The summed E-state index contributed by atoms with van der Waals surface area (Å²) in [7, 11) is 0. The van der Waals surface area contributed by atoms with E-state index in [0.29, 0.717) is 23.2 Å². The van der Waals surface area contributed by atoms with Gasteiger partial charge in [0.25, 0.3) is 0 Å². The number of anilines is 1. The molecule has 1 aromatic heterocycles. The average molecular weight is 237 g/mol. The molecule has 0 radical (unpaired) electrons. The monoisotopic (exact) mass is 237 g/mol. The molecule has 94 valence electrons. The van der Waals surface area contributed by atoms with Crippen molar-refractivity contribution in [2.75, 3.05) is 18.0 Å². The van der Waals surface area contributed by atoms with E-state index < -0.39 is 0 Å². The second kappa shape index (κ2) is 5.00. The van der Waals surface area contributed by atoms with Crippen LogP contribution < -0.4 is 10.6 Å². The molecule has 1 saturated heterocycles. The van der Waals surface area contributed by atoms with Crippen LogP contribution >= 0.6 is 0 Å². The van der Waals surface area contributed by atoms with Crippen molar-refractivity contribution in [3.8, 4) is 0 Å². The number of aromatic nitrogens is 1. The zero-order valence-corrected chi connectivity index (χ0v) is 10.5. The van der Waals surface area contributed by atoms with Crippen molar-refractivity contribution in [1.29, 1.82) is 0 Å². The van der Waals surface area contributed by atoms with Crippen molar-refractivity contribution in [1.82, 2.24) is 4.98 Å². The molecule has 1 fully saturated rings. The summed E-state index contributed by atoms with van der Waals surface area (Å²) in [6.07, 6.45) is 2.85. The molecular weight excluding hydrogens is 217 g/mol. The van der Waals surface area contributed by atoms with Crippen LogP contribution in [0.4, 0.5) is 10.2 Å². The number of nitrogens with zero attached hydrogens (tertiary/aromatic N) is 2. The molecule has 1 aromatic rings. The Hall–Kier alpha value is -1.16. The molecule has 0 aromatic carbocycles. The van der Waals surface area contributed by atoms with E-state index in [4.69, 9.17) is 5.73 Å². The molecule has 1 aliphatic heterocycles. The van der Waals surface area contributed by atoms with Crippen molar-refractivity contribution in [2.24, 2.45) is 17.6 Å². The van der Waals surface area contributed by atoms with Crippen LogP contribution in [0.2, 0.25) is 0 Å². The molecule has 0 bridgehead atoms. The van der Waals surface area contributed by atoms with Crippen molar-refractivity contribution < 1.29 is 4.39 Å². The summed E-state index contributed by atoms with van der Waals surface area (Å²) in [6, 6.07) is 1.65. The highest BCUT2D eigenvalue weighted by Crippen LogP contribution is 2.27. The maximum atomic E-state index is 14.1. The Kier molecular flexibility index (Phi) is 3.62. The zero-order chi connectivity index (χ0) is 12.4. The van der Waals surface area contributed by atoms with Gasteiger partial charge in [-0.3, -0.25) is 0 Å². The van der Waals surface area contributed by atoms with Crippen LogP contribution in [0.15, 0.2) is 12.3 Å². The summed E-state index contributed by atoms with van der Waals surface area (Å²) < 4.78 is 14.1. The third kappa shape index (κ3) is 2.57. The van der Waals surface area contributed by atoms with Gasteiger partial charge in [0.1, 0.15) is 0 Å². The SMILES string of the molecule is CC1CC(C)CN(c2nccc(CN)c2F)C1. The fourth-order valence-corrected chi connectivity index (χ4v) is 2.69. The minimum absolute atomic E-state index is 0.223. The molecule has 2 unspecified atom stereocenters. The average Bonchev–Trinajstić information content (AvgIpc) is 2.28. The number of rotatable bonds is 2. The minimum atomic E-state index is -0.253. The lowest BCUT2D eigenvalue weighted by Gasteiger charge is -2.36. The van der Waals surface area contributed by atoms with Crippen LogP contribution in [0.5, 0.6) is 0 Å². The predicted octanol–water partition coefficient (Wildman–Crippen LogP) is 2.16. The van der Waals surface area contributed by atoms with E-state index in [-0.39, 0.29) is 12.4 Å². The summed E-state index contributed by atoms with van der Waals surface area (Å²) in [6.45, 7) is 6.38. The van der Waals surface area contributed by atoms with Gasteiger partial charge in [-0.15, -0.1) is 0 Å². The smallest absolute Gasteiger partial charge is 0.170 e. The third-order valence-corrected chi connectivity index (χ3v) is 3.34. The Bertz CT molecular complexity index is 384. The van der Waals surface area contributed by atoms with Gasteiger partial charge in [-0.1, -0.05) is 13.8 Å². The molecule has 2 atom stereocenters. The van der Waals surface area contributed by atoms with E-state index in [1.807, 2.05) is 4.90 Å². The molecule has 1 aliphatic rings. The van der Waals surface area contributed by atoms with Gasteiger partial charge in [-0.05, 0) is 24.3 Å². The van der Waals surface area contributed by atoms with Crippen molar-refractivity contribution in [3.05, 3.63) is 23.6 Å². The maximum Gasteiger partial charge on any atom is 0.170 e. The van der Waals surface area contributed by atoms with E-state index in [2.05, 4.69) is 18.8 Å². The highest BCUT2D eigenvalue weighted by Gasteiger charge is 2.25. The molecule has 2 heterocycles. The van der Waals surface area contributed by atoms with Crippen molar-refractivity contribution in [2.45, 2.75) is 26.8 Å². The van der Waals surface area contributed by atoms with Gasteiger partial charge in [0.15, 0.2) is 11.6 Å². The first-order chi connectivity index (χ1) is 8.11. The lowest BCUT2D eigenvalue weighted by molar-refractivity contribution is 0.352. The molecule has 0 saturated carbocycles. The van der Waals surface area contributed by atoms with Crippen molar-refractivity contribution >= 4 is 5.82 Å². The normalized spacial score (nSPS) is 25.1. The largest absolute Gasteiger partial charge is 0.354 e. The highest BCUT2D eigenvalue weighted by molar-refractivity contribution is 5.43. The number of nitrogens with two attached hydrogens (primary N) is 1. The fraction of sp³-hybridized carbons (Fsp3) is 0.615. The second-order valence-electron chi connectivity index (χ2n) is 5.16. The first-order valence-electron chi connectivity index (χ1n) is 6.20. The van der Waals surface area contributed by atoms with Gasteiger partial charge in [0.2, 0.25) is 0 Å². The first kappa shape index (κ1) is 12.3. The molecule has 0 aliphatic carbocycles. The van der Waals surface area contributed by atoms with Crippen LogP contribution in [-0.2, 0) is 6.54 Å². The minimum Gasteiger partial charge on any atom is -0.354 e. The lowest BCUT2D eigenvalue weighted by atomic mass is 9.92. The summed E-state index contributed by atoms with van der Waals surface area (Å²) in [4.78, 5) is 6.22. The van der Waals surface area contributed by atoms with E-state index in [1.54, 1.807) is 12.3 Å². The van der Waals surface area contributed by atoms with Crippen LogP contribution in [-0.4, -0.2) is 18.1 Å². The first-order valence-corrected chi connectivity index (χ1v) is 6.20. The number of piperidine rings is 1. The van der Waals surface area contributed by atoms with Crippen LogP contribution in [0.25, 0.3) is 0 Å². The van der Waals surface area contributed by atoms with E-state index in [0.717, 1.165) is 13.1 Å². The highest BCUT2D eigenvalue weighted by atomic mass is 19.1. The lowest BCUT2D eigenvalue weighted by Crippen LogP contribution is -2.39. The Morgan fingerprint density at radius 1 is 1.41 bits per heavy atom. The van der Waals surface area contributed by atoms with E-state index in [9.17, 15) is 4.39 Å². The van der Waals surface area contributed by atoms with Gasteiger partial charge in [-0.2, -0.15) is 0 Å². The van der Waals surface area contributed by atoms with Gasteiger partial charge in [0, 0.05) is 31.4 Å². The number of halogens is 1. The standard InChI is InChI=1S/C13H20FN3/c1-9-5-10(2)8-17(7-9)13-12(14)11(6-15)3-4-16-13/h3-4,9-10H,5-8,15H2,1-2H3. The molecule has 4 heteroatoms. The molecule has 3 nitrogen and oxygen atoms in total. The molecular formula is C13H20FN3. The molecule has 0 spiro atoms. The van der Waals surface area contributed by atoms with Crippen LogP contribution in [0.3, 0.4) is 0 Å². The Morgan fingerprint density at radius 2 is 2.06 bits per heavy atom. The fourth-order valence-electron chi connectivity index (χ4n) is 2.69. The Morgan fingerprint density at radius 3 is 2.65 bits per heavy atom. The Labute approximate surface area is 102 Å². The topological polar surface area (TPSA) is 42.2 Å². The van der Waals surface area contributed by atoms with Crippen LogP contribution in [0.1, 0.15) is 25.8 Å². The molecule has 17 heavy (non-hydrogen) atoms. The van der Waals surface area contributed by atoms with Crippen molar-refractivity contribution in [3.63, 3.8) is 0 Å². The quantitative estimate of drug-likeness (QED) is 0.857. The van der Waals surface area contributed by atoms with Gasteiger partial charge in [-0.25, -0.2) is 9.37 Å². The number of pyridine rings is 1. The maximum absolute atomic E-state index is 14.1. The number of hydrogen-bond acceptors (Lipinski definition) is 3. The summed E-state index contributed by atoms with van der Waals surface area (Å²) in [5.41, 5.74) is 6.06. The molecule has 2 N–H and O–H groups in total. The molecule has 0 amide bonds. The second-order valence-corrected chi connectivity index (χ2v) is 5.16. The summed E-state index contributed by atoms with van der Waals surface area (Å²) in [5.74, 6) is 1.38. The van der Waals surface area contributed by atoms with E-state index >= 15 is 0 Å². The van der Waals surface area contributed by atoms with Gasteiger partial charge in [0.05, 0.1) is 0 Å². The number of hydrogen-bond donors (Lipinski definition) is 1. The van der Waals surface area contributed by atoms with Gasteiger partial charge >= 0.3 is 0 Å². The Balaban J connectivity index is 2.27. The third-order valence-electron chi connectivity index (χ3n) is 3.34. The van der Waals surface area contributed by atoms with E-state index in [1.165, 1.54) is 6.42 Å². The van der Waals surface area contributed by atoms with Crippen LogP contribution in [0, 0.1) is 17.7 Å². The summed E-state index contributed by atoms with van der Waals surface area (Å²) in [5, 5.41) is 0. The molecule has 2 rings (SSSR count). The van der Waals surface area contributed by atoms with Gasteiger partial charge < -0.3 is 10.6 Å². The predicted molar refractivity (Wildman–Crippen MR) is 67.2 cm³/mol. The summed E-state index contributed by atoms with van der Waals surface area (Å²) >= 11 is 0.